The summed E-state index contributed by atoms with van der Waals surface area (Å²) in [6.45, 7) is -0.609. The van der Waals surface area contributed by atoms with E-state index >= 15 is 0 Å². The Morgan fingerprint density at radius 3 is 2.44 bits per heavy atom. The van der Waals surface area contributed by atoms with Crippen LogP contribution >= 0.6 is 0 Å². The lowest BCUT2D eigenvalue weighted by molar-refractivity contribution is -0.139. The van der Waals surface area contributed by atoms with E-state index in [4.69, 9.17) is 23.7 Å². The van der Waals surface area contributed by atoms with Gasteiger partial charge in [0.15, 0.2) is 35.4 Å². The lowest BCUT2D eigenvalue weighted by Crippen LogP contribution is -2.22. The molecule has 1 aliphatic rings. The molecule has 0 unspecified atom stereocenters. The molecule has 5 N–H and O–H groups in total. The zero-order valence-electron chi connectivity index (χ0n) is 20.1. The molecule has 1 aliphatic heterocycles. The van der Waals surface area contributed by atoms with Gasteiger partial charge in [-0.15, -0.1) is 0 Å². The predicted molar refractivity (Wildman–Crippen MR) is 133 cm³/mol. The van der Waals surface area contributed by atoms with Crippen LogP contribution in [0.4, 0.5) is 0 Å². The molecule has 3 aromatic carbocycles. The fourth-order valence-corrected chi connectivity index (χ4v) is 4.49. The number of methoxy groups -OCH3 is 1. The number of rotatable bonds is 6. The molecule has 0 aliphatic carbocycles. The zero-order valence-corrected chi connectivity index (χ0v) is 20.1. The van der Waals surface area contributed by atoms with E-state index in [9.17, 15) is 34.8 Å². The fourth-order valence-electron chi connectivity index (χ4n) is 4.49. The van der Waals surface area contributed by atoms with Gasteiger partial charge in [-0.25, -0.2) is 4.79 Å². The van der Waals surface area contributed by atoms with Crippen molar-refractivity contribution in [1.82, 2.24) is 0 Å². The number of carboxylic acids is 1. The summed E-state index contributed by atoms with van der Waals surface area (Å²) in [6, 6.07) is 9.15. The van der Waals surface area contributed by atoms with Crippen LogP contribution in [0.15, 0.2) is 51.7 Å². The highest BCUT2D eigenvalue weighted by molar-refractivity contribution is 5.94. The number of benzene rings is 3. The van der Waals surface area contributed by atoms with Crippen molar-refractivity contribution >= 4 is 22.9 Å². The monoisotopic (exact) mass is 536 g/mol. The summed E-state index contributed by atoms with van der Waals surface area (Å²) in [5.41, 5.74) is -0.420. The molecule has 1 aromatic heterocycles. The number of aliphatic carboxylic acids is 1. The van der Waals surface area contributed by atoms with Gasteiger partial charge in [-0.1, -0.05) is 6.07 Å². The van der Waals surface area contributed by atoms with Crippen LogP contribution in [0.2, 0.25) is 0 Å². The smallest absolute Gasteiger partial charge is 0.341 e. The Labute approximate surface area is 218 Å². The van der Waals surface area contributed by atoms with Crippen LogP contribution in [-0.4, -0.2) is 51.2 Å². The van der Waals surface area contributed by atoms with Gasteiger partial charge >= 0.3 is 11.9 Å². The Morgan fingerprint density at radius 2 is 1.74 bits per heavy atom. The van der Waals surface area contributed by atoms with Crippen molar-refractivity contribution in [1.29, 1.82) is 0 Å². The number of ether oxygens (including phenoxy) is 3. The molecule has 0 saturated carbocycles. The molecule has 0 saturated heterocycles. The van der Waals surface area contributed by atoms with Gasteiger partial charge in [-0.3, -0.25) is 9.59 Å². The van der Waals surface area contributed by atoms with E-state index in [-0.39, 0.29) is 51.5 Å². The molecule has 12 nitrogen and oxygen atoms in total. The van der Waals surface area contributed by atoms with Crippen molar-refractivity contribution in [3.05, 3.63) is 63.8 Å². The molecule has 4 aromatic rings. The third kappa shape index (κ3) is 4.37. The van der Waals surface area contributed by atoms with Gasteiger partial charge in [0.1, 0.15) is 22.5 Å². The summed E-state index contributed by atoms with van der Waals surface area (Å²) in [7, 11) is 1.35. The molecule has 39 heavy (non-hydrogen) atoms. The SMILES string of the molecule is COc1cc([C@H]2CC(=O)Oc3cc(O)c4c(=O)c(O)c(-c5ccc(O)c(O)c5)oc4c32)ccc1OCC(=O)O. The molecule has 0 radical (unpaired) electrons. The van der Waals surface area contributed by atoms with Crippen LogP contribution in [0, 0.1) is 0 Å². The number of hydrogen-bond acceptors (Lipinski definition) is 11. The van der Waals surface area contributed by atoms with Gasteiger partial charge in [0.2, 0.25) is 11.2 Å². The number of hydrogen-bond donors (Lipinski definition) is 5. The van der Waals surface area contributed by atoms with Gasteiger partial charge in [-0.05, 0) is 35.9 Å². The number of phenols is 3. The Morgan fingerprint density at radius 1 is 0.974 bits per heavy atom. The fraction of sp³-hybridized carbons (Fsp3) is 0.148. The molecule has 2 heterocycles. The van der Waals surface area contributed by atoms with Crippen LogP contribution in [0.1, 0.15) is 23.5 Å². The van der Waals surface area contributed by atoms with E-state index in [1.807, 2.05) is 0 Å². The molecule has 0 spiro atoms. The average Bonchev–Trinajstić information content (AvgIpc) is 2.90. The number of esters is 1. The lowest BCUT2D eigenvalue weighted by Gasteiger charge is -2.26. The standard InChI is InChI=1S/C27H20O12/c1-36-18-7-11(3-5-17(18)37-10-20(31)32)13-8-21(33)38-19-9-16(30)23-24(34)25(35)26(39-27(23)22(13)19)12-2-4-14(28)15(29)6-12/h2-7,9,13,28-30,35H,8,10H2,1H3,(H,31,32)/t13-/m1/s1. The molecular formula is C27H20O12. The first-order valence-electron chi connectivity index (χ1n) is 11.4. The van der Waals surface area contributed by atoms with Gasteiger partial charge in [0, 0.05) is 23.1 Å². The Balaban J connectivity index is 1.75. The van der Waals surface area contributed by atoms with Crippen molar-refractivity contribution in [2.75, 3.05) is 13.7 Å². The maximum absolute atomic E-state index is 13.2. The maximum Gasteiger partial charge on any atom is 0.341 e. The second kappa shape index (κ2) is 9.49. The van der Waals surface area contributed by atoms with Gasteiger partial charge in [0.25, 0.3) is 0 Å². The van der Waals surface area contributed by atoms with E-state index in [1.54, 1.807) is 6.07 Å². The predicted octanol–water partition coefficient (Wildman–Crippen LogP) is 3.20. The van der Waals surface area contributed by atoms with E-state index in [1.165, 1.54) is 25.3 Å². The quantitative estimate of drug-likeness (QED) is 0.137. The van der Waals surface area contributed by atoms with Crippen molar-refractivity contribution in [3.63, 3.8) is 0 Å². The summed E-state index contributed by atoms with van der Waals surface area (Å²) in [5.74, 6) is -5.16. The Bertz CT molecular complexity index is 1720. The lowest BCUT2D eigenvalue weighted by atomic mass is 9.85. The molecule has 200 valence electrons. The highest BCUT2D eigenvalue weighted by Crippen LogP contribution is 2.48. The minimum Gasteiger partial charge on any atom is -0.507 e. The second-order valence-corrected chi connectivity index (χ2v) is 8.65. The first kappa shape index (κ1) is 25.3. The van der Waals surface area contributed by atoms with Crippen molar-refractivity contribution in [2.45, 2.75) is 12.3 Å². The Kier molecular flexibility index (Phi) is 6.15. The molecule has 1 atom stereocenters. The van der Waals surface area contributed by atoms with E-state index in [2.05, 4.69) is 0 Å². The molecule has 12 heteroatoms. The first-order chi connectivity index (χ1) is 18.6. The Hall–Kier alpha value is -5.39. The second-order valence-electron chi connectivity index (χ2n) is 8.65. The van der Waals surface area contributed by atoms with E-state index in [0.717, 1.165) is 18.2 Å². The van der Waals surface area contributed by atoms with Crippen molar-refractivity contribution in [2.24, 2.45) is 0 Å². The molecule has 5 rings (SSSR count). The summed E-state index contributed by atoms with van der Waals surface area (Å²) < 4.78 is 21.9. The summed E-state index contributed by atoms with van der Waals surface area (Å²) in [5, 5.41) is 49.4. The van der Waals surface area contributed by atoms with Crippen LogP contribution in [0.25, 0.3) is 22.3 Å². The first-order valence-corrected chi connectivity index (χ1v) is 11.4. The summed E-state index contributed by atoms with van der Waals surface area (Å²) >= 11 is 0. The van der Waals surface area contributed by atoms with Crippen LogP contribution in [0.3, 0.4) is 0 Å². The van der Waals surface area contributed by atoms with Crippen LogP contribution < -0.4 is 19.6 Å². The third-order valence-corrected chi connectivity index (χ3v) is 6.24. The number of aromatic hydroxyl groups is 4. The third-order valence-electron chi connectivity index (χ3n) is 6.24. The zero-order chi connectivity index (χ0) is 28.0. The molecular weight excluding hydrogens is 516 g/mol. The number of carbonyl (C=O) groups excluding carboxylic acids is 1. The van der Waals surface area contributed by atoms with E-state index in [0.29, 0.717) is 5.56 Å². The summed E-state index contributed by atoms with van der Waals surface area (Å²) in [4.78, 5) is 36.6. The van der Waals surface area contributed by atoms with Crippen molar-refractivity contribution in [3.8, 4) is 51.6 Å². The molecule has 0 bridgehead atoms. The van der Waals surface area contributed by atoms with Gasteiger partial charge < -0.3 is 44.2 Å². The number of carboxylic acid groups (broad SMARTS) is 1. The van der Waals surface area contributed by atoms with Crippen molar-refractivity contribution < 1.29 is 53.7 Å². The normalized spacial score (nSPS) is 14.5. The minimum absolute atomic E-state index is 0.0462. The largest absolute Gasteiger partial charge is 0.507 e. The topological polar surface area (TPSA) is 193 Å². The summed E-state index contributed by atoms with van der Waals surface area (Å²) in [6.07, 6.45) is -0.203. The molecule has 0 amide bonds. The maximum atomic E-state index is 13.2. The van der Waals surface area contributed by atoms with Gasteiger partial charge in [0.05, 0.1) is 13.5 Å². The number of carbonyl (C=O) groups is 2. The highest BCUT2D eigenvalue weighted by Gasteiger charge is 2.35. The molecule has 0 fully saturated rings. The highest BCUT2D eigenvalue weighted by atomic mass is 16.5. The van der Waals surface area contributed by atoms with Gasteiger partial charge in [-0.2, -0.15) is 0 Å². The van der Waals surface area contributed by atoms with Crippen LogP contribution in [0.5, 0.6) is 40.2 Å². The number of phenolic OH excluding ortho intramolecular Hbond substituents is 3. The minimum atomic E-state index is -1.19. The number of fused-ring (bicyclic) bond motifs is 3. The van der Waals surface area contributed by atoms with Crippen LogP contribution in [-0.2, 0) is 9.59 Å². The van der Waals surface area contributed by atoms with E-state index < -0.39 is 52.9 Å². The average molecular weight is 536 g/mol.